The van der Waals surface area contributed by atoms with Gasteiger partial charge < -0.3 is 10.1 Å². The van der Waals surface area contributed by atoms with E-state index in [2.05, 4.69) is 46.7 Å². The van der Waals surface area contributed by atoms with Crippen molar-refractivity contribution >= 4 is 22.6 Å². The predicted molar refractivity (Wildman–Crippen MR) is 85.6 cm³/mol. The fourth-order valence-electron chi connectivity index (χ4n) is 1.76. The van der Waals surface area contributed by atoms with Gasteiger partial charge in [0.15, 0.2) is 0 Å². The molecule has 1 aromatic carbocycles. The number of aromatic nitrogens is 1. The molecule has 0 amide bonds. The molecule has 0 aliphatic heterocycles. The highest BCUT2D eigenvalue weighted by atomic mass is 127. The summed E-state index contributed by atoms with van der Waals surface area (Å²) in [6.07, 6.45) is 1.86. The van der Waals surface area contributed by atoms with E-state index in [9.17, 15) is 0 Å². The summed E-state index contributed by atoms with van der Waals surface area (Å²) in [5.74, 6) is 1.43. The van der Waals surface area contributed by atoms with Gasteiger partial charge in [-0.25, -0.2) is 4.98 Å². The molecule has 0 bridgehead atoms. The van der Waals surface area contributed by atoms with Gasteiger partial charge in [0.25, 0.3) is 0 Å². The quantitative estimate of drug-likeness (QED) is 0.806. The lowest BCUT2D eigenvalue weighted by Crippen LogP contribution is -2.17. The molecule has 0 aliphatic rings. The van der Waals surface area contributed by atoms with Crippen molar-refractivity contribution in [3.8, 4) is 11.6 Å². The molecule has 1 atom stereocenters. The lowest BCUT2D eigenvalue weighted by atomic mass is 10.1. The van der Waals surface area contributed by atoms with Crippen LogP contribution in [0.3, 0.4) is 0 Å². The van der Waals surface area contributed by atoms with E-state index < -0.39 is 0 Å². The molecule has 0 radical (unpaired) electrons. The molecule has 0 spiro atoms. The highest BCUT2D eigenvalue weighted by molar-refractivity contribution is 14.1. The second-order valence-corrected chi connectivity index (χ2v) is 5.51. The van der Waals surface area contributed by atoms with E-state index in [0.29, 0.717) is 11.9 Å². The van der Waals surface area contributed by atoms with Crippen LogP contribution >= 0.6 is 22.6 Å². The van der Waals surface area contributed by atoms with Crippen molar-refractivity contribution in [2.75, 3.05) is 6.54 Å². The molecule has 2 aromatic rings. The van der Waals surface area contributed by atoms with Gasteiger partial charge in [0.05, 0.1) is 0 Å². The zero-order valence-corrected chi connectivity index (χ0v) is 13.2. The smallest absolute Gasteiger partial charge is 0.219 e. The van der Waals surface area contributed by atoms with E-state index in [1.54, 1.807) is 0 Å². The fourth-order valence-corrected chi connectivity index (χ4v) is 2.12. The third-order valence-electron chi connectivity index (χ3n) is 2.81. The minimum atomic E-state index is 0.310. The molecule has 0 fully saturated rings. The Hall–Kier alpha value is -1.14. The van der Waals surface area contributed by atoms with Crippen LogP contribution in [0.15, 0.2) is 42.6 Å². The predicted octanol–water partition coefficient (Wildman–Crippen LogP) is 4.15. The number of nitrogens with zero attached hydrogens (tertiary/aromatic N) is 1. The standard InChI is InChI=1S/C15H17IN2O/c1-3-17-11(2)12-4-9-15(18-10-12)19-14-7-5-13(16)6-8-14/h4-11,17H,3H2,1-2H3. The summed E-state index contributed by atoms with van der Waals surface area (Å²) in [5, 5.41) is 3.36. The van der Waals surface area contributed by atoms with Gasteiger partial charge in [-0.3, -0.25) is 0 Å². The number of ether oxygens (including phenoxy) is 1. The van der Waals surface area contributed by atoms with Crippen LogP contribution in [-0.2, 0) is 0 Å². The van der Waals surface area contributed by atoms with Crippen LogP contribution in [0.4, 0.5) is 0 Å². The van der Waals surface area contributed by atoms with Gasteiger partial charge in [-0.05, 0) is 65.9 Å². The molecule has 2 rings (SSSR count). The second-order valence-electron chi connectivity index (χ2n) is 4.27. The van der Waals surface area contributed by atoms with Crippen LogP contribution in [0.2, 0.25) is 0 Å². The summed E-state index contributed by atoms with van der Waals surface area (Å²) in [4.78, 5) is 4.34. The first-order valence-electron chi connectivity index (χ1n) is 6.32. The Morgan fingerprint density at radius 3 is 2.53 bits per heavy atom. The maximum Gasteiger partial charge on any atom is 0.219 e. The third-order valence-corrected chi connectivity index (χ3v) is 3.52. The first-order valence-corrected chi connectivity index (χ1v) is 7.39. The topological polar surface area (TPSA) is 34.1 Å². The number of pyridine rings is 1. The van der Waals surface area contributed by atoms with E-state index in [1.165, 1.54) is 3.57 Å². The summed E-state index contributed by atoms with van der Waals surface area (Å²) < 4.78 is 6.88. The minimum absolute atomic E-state index is 0.310. The zero-order chi connectivity index (χ0) is 13.7. The maximum atomic E-state index is 5.69. The van der Waals surface area contributed by atoms with Crippen molar-refractivity contribution in [1.82, 2.24) is 10.3 Å². The van der Waals surface area contributed by atoms with Gasteiger partial charge >= 0.3 is 0 Å². The average Bonchev–Trinajstić information content (AvgIpc) is 2.42. The van der Waals surface area contributed by atoms with Gasteiger partial charge in [0.2, 0.25) is 5.88 Å². The first-order chi connectivity index (χ1) is 9.19. The second kappa shape index (κ2) is 6.86. The molecular weight excluding hydrogens is 351 g/mol. The molecule has 1 unspecified atom stereocenters. The monoisotopic (exact) mass is 368 g/mol. The van der Waals surface area contributed by atoms with Gasteiger partial charge in [-0.2, -0.15) is 0 Å². The van der Waals surface area contributed by atoms with Crippen molar-refractivity contribution in [3.05, 3.63) is 51.7 Å². The largest absolute Gasteiger partial charge is 0.439 e. The number of hydrogen-bond acceptors (Lipinski definition) is 3. The molecular formula is C15H17IN2O. The van der Waals surface area contributed by atoms with Crippen molar-refractivity contribution in [2.45, 2.75) is 19.9 Å². The van der Waals surface area contributed by atoms with Crippen LogP contribution in [0, 0.1) is 3.57 Å². The van der Waals surface area contributed by atoms with Crippen LogP contribution in [-0.4, -0.2) is 11.5 Å². The normalized spacial score (nSPS) is 12.2. The van der Waals surface area contributed by atoms with Crippen LogP contribution < -0.4 is 10.1 Å². The fraction of sp³-hybridized carbons (Fsp3) is 0.267. The SMILES string of the molecule is CCNC(C)c1ccc(Oc2ccc(I)cc2)nc1. The van der Waals surface area contributed by atoms with Gasteiger partial charge in [0.1, 0.15) is 5.75 Å². The van der Waals surface area contributed by atoms with Gasteiger partial charge in [-0.1, -0.05) is 13.0 Å². The highest BCUT2D eigenvalue weighted by Gasteiger charge is 2.05. The minimum Gasteiger partial charge on any atom is -0.439 e. The number of nitrogens with one attached hydrogen (secondary N) is 1. The lowest BCUT2D eigenvalue weighted by molar-refractivity contribution is 0.461. The van der Waals surface area contributed by atoms with E-state index in [1.807, 2.05) is 42.6 Å². The van der Waals surface area contributed by atoms with Crippen LogP contribution in [0.5, 0.6) is 11.6 Å². The summed E-state index contributed by atoms with van der Waals surface area (Å²) >= 11 is 2.27. The van der Waals surface area contributed by atoms with Crippen molar-refractivity contribution in [3.63, 3.8) is 0 Å². The third kappa shape index (κ3) is 4.18. The number of halogens is 1. The zero-order valence-electron chi connectivity index (χ0n) is 11.1. The van der Waals surface area contributed by atoms with E-state index in [0.717, 1.165) is 17.9 Å². The summed E-state index contributed by atoms with van der Waals surface area (Å²) in [7, 11) is 0. The van der Waals surface area contributed by atoms with E-state index in [4.69, 9.17) is 4.74 Å². The van der Waals surface area contributed by atoms with Gasteiger partial charge in [0, 0.05) is 21.9 Å². The Labute approximate surface area is 127 Å². The molecule has 100 valence electrons. The number of benzene rings is 1. The van der Waals surface area contributed by atoms with Crippen molar-refractivity contribution < 1.29 is 4.74 Å². The molecule has 1 N–H and O–H groups in total. The average molecular weight is 368 g/mol. The molecule has 0 saturated heterocycles. The maximum absolute atomic E-state index is 5.69. The van der Waals surface area contributed by atoms with Gasteiger partial charge in [-0.15, -0.1) is 0 Å². The Kier molecular flexibility index (Phi) is 5.15. The van der Waals surface area contributed by atoms with E-state index in [-0.39, 0.29) is 0 Å². The molecule has 4 heteroatoms. The lowest BCUT2D eigenvalue weighted by Gasteiger charge is -2.12. The first kappa shape index (κ1) is 14.3. The molecule has 19 heavy (non-hydrogen) atoms. The summed E-state index contributed by atoms with van der Waals surface area (Å²) in [5.41, 5.74) is 1.16. The van der Waals surface area contributed by atoms with E-state index >= 15 is 0 Å². The molecule has 1 heterocycles. The van der Waals surface area contributed by atoms with Crippen LogP contribution in [0.1, 0.15) is 25.5 Å². The Balaban J connectivity index is 2.04. The summed E-state index contributed by atoms with van der Waals surface area (Å²) in [6, 6.07) is 12.2. The van der Waals surface area contributed by atoms with Crippen LogP contribution in [0.25, 0.3) is 0 Å². The molecule has 0 saturated carbocycles. The summed E-state index contributed by atoms with van der Waals surface area (Å²) in [6.45, 7) is 5.17. The molecule has 3 nitrogen and oxygen atoms in total. The molecule has 1 aromatic heterocycles. The van der Waals surface area contributed by atoms with Crippen molar-refractivity contribution in [2.24, 2.45) is 0 Å². The number of rotatable bonds is 5. The Bertz CT molecular complexity index is 511. The van der Waals surface area contributed by atoms with Crippen molar-refractivity contribution in [1.29, 1.82) is 0 Å². The number of hydrogen-bond donors (Lipinski definition) is 1. The highest BCUT2D eigenvalue weighted by Crippen LogP contribution is 2.21. The molecule has 0 aliphatic carbocycles. The Morgan fingerprint density at radius 1 is 1.21 bits per heavy atom. The Morgan fingerprint density at radius 2 is 1.95 bits per heavy atom.